The highest BCUT2D eigenvalue weighted by molar-refractivity contribution is 8.00. The molecule has 2 amide bonds. The maximum Gasteiger partial charge on any atom is 0.255 e. The summed E-state index contributed by atoms with van der Waals surface area (Å²) in [5.74, 6) is 4.04. The standard InChI is InChI=1S/C26H34N2O2S/c1-18-4-2-3-5-22(18)23(29)28-10-11-31-26(28)6-8-27(9-7-26)24(30)25-15-19-12-20(16-25)14-21(13-19)17-25/h2-5,19-21H,6-17H2,1H3. The van der Waals surface area contributed by atoms with E-state index in [2.05, 4.69) is 9.80 Å². The molecule has 7 rings (SSSR count). The summed E-state index contributed by atoms with van der Waals surface area (Å²) in [5, 5.41) is 0. The second-order valence-electron chi connectivity index (χ2n) is 11.1. The average molecular weight is 439 g/mol. The van der Waals surface area contributed by atoms with Gasteiger partial charge in [0.1, 0.15) is 0 Å². The molecule has 6 fully saturated rings. The van der Waals surface area contributed by atoms with Crippen molar-refractivity contribution in [2.24, 2.45) is 23.2 Å². The fourth-order valence-electron chi connectivity index (χ4n) is 8.03. The molecule has 4 saturated carbocycles. The summed E-state index contributed by atoms with van der Waals surface area (Å²) in [6.07, 6.45) is 9.39. The monoisotopic (exact) mass is 438 g/mol. The van der Waals surface area contributed by atoms with E-state index in [0.29, 0.717) is 5.91 Å². The number of benzene rings is 1. The molecule has 0 aromatic heterocycles. The van der Waals surface area contributed by atoms with Gasteiger partial charge in [0.05, 0.1) is 10.3 Å². The summed E-state index contributed by atoms with van der Waals surface area (Å²) >= 11 is 1.94. The van der Waals surface area contributed by atoms with Crippen LogP contribution in [-0.4, -0.2) is 51.9 Å². The van der Waals surface area contributed by atoms with Crippen molar-refractivity contribution in [1.29, 1.82) is 0 Å². The Morgan fingerprint density at radius 2 is 1.55 bits per heavy atom. The van der Waals surface area contributed by atoms with Crippen molar-refractivity contribution in [2.45, 2.75) is 63.2 Å². The first-order valence-corrected chi connectivity index (χ1v) is 13.3. The number of hydrogen-bond acceptors (Lipinski definition) is 3. The summed E-state index contributed by atoms with van der Waals surface area (Å²) in [4.78, 5) is 31.4. The van der Waals surface area contributed by atoms with Crippen LogP contribution in [0.2, 0.25) is 0 Å². The summed E-state index contributed by atoms with van der Waals surface area (Å²) in [6.45, 7) is 4.47. The molecule has 0 unspecified atom stereocenters. The molecule has 0 atom stereocenters. The second kappa shape index (κ2) is 7.26. The number of thioether (sulfide) groups is 1. The van der Waals surface area contributed by atoms with Crippen LogP contribution >= 0.6 is 11.8 Å². The van der Waals surface area contributed by atoms with Gasteiger partial charge in [-0.3, -0.25) is 9.59 Å². The number of nitrogens with zero attached hydrogens (tertiary/aromatic N) is 2. The zero-order valence-corrected chi connectivity index (χ0v) is 19.5. The van der Waals surface area contributed by atoms with Gasteiger partial charge >= 0.3 is 0 Å². The van der Waals surface area contributed by atoms with E-state index in [4.69, 9.17) is 0 Å². The van der Waals surface area contributed by atoms with Crippen LogP contribution in [0.25, 0.3) is 0 Å². The van der Waals surface area contributed by atoms with Crippen molar-refractivity contribution < 1.29 is 9.59 Å². The Balaban J connectivity index is 1.17. The molecule has 4 bridgehead atoms. The van der Waals surface area contributed by atoms with E-state index in [1.54, 1.807) is 0 Å². The van der Waals surface area contributed by atoms with Gasteiger partial charge in [-0.25, -0.2) is 0 Å². The molecule has 4 aliphatic carbocycles. The molecule has 1 aromatic carbocycles. The average Bonchev–Trinajstić information content (AvgIpc) is 3.15. The number of amides is 2. The summed E-state index contributed by atoms with van der Waals surface area (Å²) < 4.78 is 0. The van der Waals surface area contributed by atoms with Crippen molar-refractivity contribution in [3.63, 3.8) is 0 Å². The minimum atomic E-state index is -0.127. The Morgan fingerprint density at radius 1 is 0.935 bits per heavy atom. The van der Waals surface area contributed by atoms with Crippen molar-refractivity contribution in [3.05, 3.63) is 35.4 Å². The lowest BCUT2D eigenvalue weighted by Gasteiger charge is -2.57. The predicted molar refractivity (Wildman–Crippen MR) is 124 cm³/mol. The summed E-state index contributed by atoms with van der Waals surface area (Å²) in [6, 6.07) is 7.94. The first kappa shape index (κ1) is 20.1. The third kappa shape index (κ3) is 3.17. The smallest absolute Gasteiger partial charge is 0.255 e. The third-order valence-electron chi connectivity index (χ3n) is 9.12. The van der Waals surface area contributed by atoms with Crippen molar-refractivity contribution >= 4 is 23.6 Å². The van der Waals surface area contributed by atoms with Crippen LogP contribution < -0.4 is 0 Å². The van der Waals surface area contributed by atoms with E-state index < -0.39 is 0 Å². The van der Waals surface area contributed by atoms with Crippen LogP contribution in [0.15, 0.2) is 24.3 Å². The Bertz CT molecular complexity index is 869. The van der Waals surface area contributed by atoms with E-state index in [0.717, 1.165) is 86.4 Å². The largest absolute Gasteiger partial charge is 0.342 e. The van der Waals surface area contributed by atoms with Crippen molar-refractivity contribution in [1.82, 2.24) is 9.80 Å². The molecular formula is C26H34N2O2S. The highest BCUT2D eigenvalue weighted by Gasteiger charge is 2.56. The highest BCUT2D eigenvalue weighted by Crippen LogP contribution is 2.61. The lowest BCUT2D eigenvalue weighted by molar-refractivity contribution is -0.159. The number of likely N-dealkylation sites (tertiary alicyclic amines) is 1. The lowest BCUT2D eigenvalue weighted by atomic mass is 9.49. The van der Waals surface area contributed by atoms with Gasteiger partial charge in [-0.1, -0.05) is 18.2 Å². The number of carbonyl (C=O) groups is 2. The Hall–Kier alpha value is -1.49. The van der Waals surface area contributed by atoms with Gasteiger partial charge in [-0.05, 0) is 87.7 Å². The van der Waals surface area contributed by atoms with Crippen LogP contribution in [0.1, 0.15) is 67.3 Å². The van der Waals surface area contributed by atoms with Gasteiger partial charge in [0.25, 0.3) is 5.91 Å². The summed E-state index contributed by atoms with van der Waals surface area (Å²) in [5.41, 5.74) is 1.84. The molecule has 2 saturated heterocycles. The van der Waals surface area contributed by atoms with E-state index in [9.17, 15) is 9.59 Å². The van der Waals surface area contributed by atoms with Gasteiger partial charge in [0.15, 0.2) is 0 Å². The van der Waals surface area contributed by atoms with Crippen molar-refractivity contribution in [2.75, 3.05) is 25.4 Å². The number of rotatable bonds is 2. The molecule has 1 aromatic rings. The molecule has 2 aliphatic heterocycles. The molecule has 166 valence electrons. The molecular weight excluding hydrogens is 404 g/mol. The fraction of sp³-hybridized carbons (Fsp3) is 0.692. The Labute approximate surface area is 190 Å². The van der Waals surface area contributed by atoms with Crippen LogP contribution in [0.3, 0.4) is 0 Å². The van der Waals surface area contributed by atoms with Gasteiger partial charge in [-0.2, -0.15) is 0 Å². The Kier molecular flexibility index (Phi) is 4.72. The van der Waals surface area contributed by atoms with Gasteiger partial charge < -0.3 is 9.80 Å². The zero-order chi connectivity index (χ0) is 21.2. The van der Waals surface area contributed by atoms with Crippen LogP contribution in [0, 0.1) is 30.1 Å². The maximum absolute atomic E-state index is 13.8. The molecule has 1 spiro atoms. The minimum absolute atomic E-state index is 0.0429. The van der Waals surface area contributed by atoms with Gasteiger partial charge in [0, 0.05) is 31.0 Å². The fourth-order valence-corrected chi connectivity index (χ4v) is 9.49. The quantitative estimate of drug-likeness (QED) is 0.671. The highest BCUT2D eigenvalue weighted by atomic mass is 32.2. The van der Waals surface area contributed by atoms with Crippen molar-refractivity contribution in [3.8, 4) is 0 Å². The molecule has 6 aliphatic rings. The van der Waals surface area contributed by atoms with E-state index in [-0.39, 0.29) is 16.2 Å². The van der Waals surface area contributed by atoms with E-state index in [1.807, 2.05) is 43.0 Å². The number of hydrogen-bond donors (Lipinski definition) is 0. The third-order valence-corrected chi connectivity index (χ3v) is 10.7. The number of aryl methyl sites for hydroxylation is 1. The Morgan fingerprint density at radius 3 is 2.16 bits per heavy atom. The molecule has 2 heterocycles. The zero-order valence-electron chi connectivity index (χ0n) is 18.6. The normalized spacial score (nSPS) is 35.7. The molecule has 31 heavy (non-hydrogen) atoms. The summed E-state index contributed by atoms with van der Waals surface area (Å²) in [7, 11) is 0. The van der Waals surface area contributed by atoms with E-state index >= 15 is 0 Å². The number of carbonyl (C=O) groups excluding carboxylic acids is 2. The van der Waals surface area contributed by atoms with Crippen LogP contribution in [0.5, 0.6) is 0 Å². The number of piperidine rings is 1. The van der Waals surface area contributed by atoms with Gasteiger partial charge in [0.2, 0.25) is 5.91 Å². The lowest BCUT2D eigenvalue weighted by Crippen LogP contribution is -2.58. The van der Waals surface area contributed by atoms with Gasteiger partial charge in [-0.15, -0.1) is 11.8 Å². The van der Waals surface area contributed by atoms with Crippen LogP contribution in [0.4, 0.5) is 0 Å². The molecule has 4 nitrogen and oxygen atoms in total. The first-order valence-electron chi connectivity index (χ1n) is 12.3. The molecule has 0 N–H and O–H groups in total. The van der Waals surface area contributed by atoms with Crippen LogP contribution in [-0.2, 0) is 4.79 Å². The topological polar surface area (TPSA) is 40.6 Å². The first-order chi connectivity index (χ1) is 15.0. The second-order valence-corrected chi connectivity index (χ2v) is 12.5. The predicted octanol–water partition coefficient (Wildman–Crippen LogP) is 4.72. The molecule has 0 radical (unpaired) electrons. The maximum atomic E-state index is 13.8. The molecule has 5 heteroatoms. The van der Waals surface area contributed by atoms with E-state index in [1.165, 1.54) is 19.3 Å². The SMILES string of the molecule is Cc1ccccc1C(=O)N1CCSC12CCN(C(=O)C13CC4CC(CC(C4)C1)C3)CC2. The minimum Gasteiger partial charge on any atom is -0.342 e.